The van der Waals surface area contributed by atoms with Crippen LogP contribution in [0, 0.1) is 6.92 Å². The Kier molecular flexibility index (Phi) is 6.30. The van der Waals surface area contributed by atoms with Gasteiger partial charge < -0.3 is 19.7 Å². The Morgan fingerprint density at radius 2 is 1.94 bits per heavy atom. The van der Waals surface area contributed by atoms with Gasteiger partial charge in [0, 0.05) is 31.1 Å². The molecule has 1 saturated carbocycles. The minimum absolute atomic E-state index is 0.00436. The Bertz CT molecular complexity index is 1000. The average molecular weight is 472 g/mol. The van der Waals surface area contributed by atoms with Crippen LogP contribution in [0.3, 0.4) is 0 Å². The lowest BCUT2D eigenvalue weighted by Gasteiger charge is -2.37. The smallest absolute Gasteiger partial charge is 0.409 e. The first-order valence-corrected chi connectivity index (χ1v) is 10.5. The largest absolute Gasteiger partial charge is 0.470 e. The van der Waals surface area contributed by atoms with Crippen LogP contribution in [-0.4, -0.2) is 69.0 Å². The lowest BCUT2D eigenvalue weighted by atomic mass is 9.92. The summed E-state index contributed by atoms with van der Waals surface area (Å²) in [6, 6.07) is 1.29. The van der Waals surface area contributed by atoms with E-state index in [1.54, 1.807) is 0 Å². The number of hydrogen-bond acceptors (Lipinski definition) is 7. The van der Waals surface area contributed by atoms with Gasteiger partial charge in [-0.05, 0) is 25.3 Å². The predicted molar refractivity (Wildman–Crippen MR) is 108 cm³/mol. The van der Waals surface area contributed by atoms with Crippen LogP contribution in [0.25, 0.3) is 5.95 Å². The highest BCUT2D eigenvalue weighted by atomic mass is 19.3. The van der Waals surface area contributed by atoms with Crippen LogP contribution in [0.15, 0.2) is 12.3 Å². The van der Waals surface area contributed by atoms with Gasteiger partial charge in [0.05, 0.1) is 20.2 Å². The Balaban J connectivity index is 1.55. The Morgan fingerprint density at radius 1 is 1.24 bits per heavy atom. The molecule has 0 bridgehead atoms. The zero-order chi connectivity index (χ0) is 23.8. The Morgan fingerprint density at radius 3 is 2.55 bits per heavy atom. The topological polar surface area (TPSA) is 94.4 Å². The third-order valence-corrected chi connectivity index (χ3v) is 5.68. The molecule has 1 aliphatic carbocycles. The molecule has 0 unspecified atom stereocenters. The van der Waals surface area contributed by atoms with Crippen LogP contribution in [-0.2, 0) is 4.74 Å². The first-order chi connectivity index (χ1) is 15.6. The van der Waals surface area contributed by atoms with Crippen molar-refractivity contribution in [3.05, 3.63) is 23.5 Å². The molecule has 4 rings (SSSR count). The maximum Gasteiger partial charge on any atom is 0.409 e. The number of amides is 1. The number of halogens is 4. The standard InChI is InChI=1S/C20H24F4N6O3/c1-11-8-30(28-16(11)17(21)22)18-26-14(25-12-3-5-20(23,24)6-4-12)7-15(27-18)33-13-9-29(10-13)19(31)32-2/h7-8,12-13,17H,3-6,9-10H2,1-2H3,(H,25,26,27). The molecule has 1 amide bonds. The van der Waals surface area contributed by atoms with Crippen molar-refractivity contribution in [2.45, 2.75) is 57.1 Å². The number of nitrogens with zero attached hydrogens (tertiary/aromatic N) is 5. The third-order valence-electron chi connectivity index (χ3n) is 5.68. The number of rotatable bonds is 6. The zero-order valence-electron chi connectivity index (χ0n) is 18.1. The summed E-state index contributed by atoms with van der Waals surface area (Å²) >= 11 is 0. The van der Waals surface area contributed by atoms with E-state index in [-0.39, 0.29) is 60.9 Å². The molecule has 2 fully saturated rings. The lowest BCUT2D eigenvalue weighted by molar-refractivity contribution is -0.0361. The van der Waals surface area contributed by atoms with Gasteiger partial charge in [-0.1, -0.05) is 0 Å². The van der Waals surface area contributed by atoms with E-state index >= 15 is 0 Å². The number of hydrogen-bond donors (Lipinski definition) is 1. The molecule has 2 aromatic heterocycles. The van der Waals surface area contributed by atoms with Gasteiger partial charge in [0.1, 0.15) is 17.6 Å². The van der Waals surface area contributed by atoms with Crippen molar-refractivity contribution in [3.8, 4) is 11.8 Å². The molecule has 0 spiro atoms. The molecule has 3 heterocycles. The van der Waals surface area contributed by atoms with Crippen molar-refractivity contribution < 1.29 is 31.8 Å². The summed E-state index contributed by atoms with van der Waals surface area (Å²) in [7, 11) is 1.28. The van der Waals surface area contributed by atoms with E-state index in [2.05, 4.69) is 25.1 Å². The minimum atomic E-state index is -2.76. The van der Waals surface area contributed by atoms with Crippen LogP contribution in [0.2, 0.25) is 0 Å². The summed E-state index contributed by atoms with van der Waals surface area (Å²) in [6.07, 6.45) is -2.13. The molecular formula is C20H24F4N6O3. The van der Waals surface area contributed by atoms with Gasteiger partial charge in [-0.2, -0.15) is 15.1 Å². The number of methoxy groups -OCH3 is 1. The van der Waals surface area contributed by atoms with E-state index in [1.165, 1.54) is 31.2 Å². The number of anilines is 1. The fraction of sp³-hybridized carbons (Fsp3) is 0.600. The predicted octanol–water partition coefficient (Wildman–Crippen LogP) is 3.73. The van der Waals surface area contributed by atoms with Gasteiger partial charge in [-0.15, -0.1) is 0 Å². The number of carbonyl (C=O) groups excluding carboxylic acids is 1. The normalized spacial score (nSPS) is 18.8. The van der Waals surface area contributed by atoms with Crippen LogP contribution in [0.4, 0.5) is 28.2 Å². The van der Waals surface area contributed by atoms with Crippen LogP contribution in [0.5, 0.6) is 5.88 Å². The molecule has 180 valence electrons. The minimum Gasteiger partial charge on any atom is -0.470 e. The van der Waals surface area contributed by atoms with Gasteiger partial charge in [0.2, 0.25) is 11.8 Å². The molecule has 2 aliphatic rings. The summed E-state index contributed by atoms with van der Waals surface area (Å²) < 4.78 is 65.0. The SMILES string of the molecule is COC(=O)N1CC(Oc2cc(NC3CCC(F)(F)CC3)nc(-n3cc(C)c(C(F)F)n3)n2)C1. The summed E-state index contributed by atoms with van der Waals surface area (Å²) in [5.74, 6) is -2.22. The number of nitrogens with one attached hydrogen (secondary N) is 1. The van der Waals surface area contributed by atoms with Gasteiger partial charge in [-0.25, -0.2) is 27.0 Å². The van der Waals surface area contributed by atoms with Gasteiger partial charge in [-0.3, -0.25) is 0 Å². The molecule has 2 aromatic rings. The highest BCUT2D eigenvalue weighted by Gasteiger charge is 2.36. The van der Waals surface area contributed by atoms with E-state index in [0.29, 0.717) is 18.9 Å². The quantitative estimate of drug-likeness (QED) is 0.641. The van der Waals surface area contributed by atoms with Crippen LogP contribution < -0.4 is 10.1 Å². The van der Waals surface area contributed by atoms with Crippen LogP contribution in [0.1, 0.15) is 43.4 Å². The molecule has 13 heteroatoms. The van der Waals surface area contributed by atoms with Crippen molar-refractivity contribution in [1.29, 1.82) is 0 Å². The summed E-state index contributed by atoms with van der Waals surface area (Å²) in [6.45, 7) is 2.09. The molecule has 33 heavy (non-hydrogen) atoms. The third kappa shape index (κ3) is 5.28. The Hall–Kier alpha value is -3.12. The second-order valence-electron chi connectivity index (χ2n) is 8.22. The molecule has 1 aliphatic heterocycles. The molecule has 1 N–H and O–H groups in total. The van der Waals surface area contributed by atoms with Gasteiger partial charge in [0.25, 0.3) is 12.4 Å². The van der Waals surface area contributed by atoms with Crippen molar-refractivity contribution in [3.63, 3.8) is 0 Å². The lowest BCUT2D eigenvalue weighted by Crippen LogP contribution is -2.56. The molecule has 0 atom stereocenters. The number of ether oxygens (including phenoxy) is 2. The number of alkyl halides is 4. The maximum absolute atomic E-state index is 13.5. The summed E-state index contributed by atoms with van der Waals surface area (Å²) in [5.41, 5.74) is -0.113. The second-order valence-corrected chi connectivity index (χ2v) is 8.22. The zero-order valence-corrected chi connectivity index (χ0v) is 18.1. The fourth-order valence-electron chi connectivity index (χ4n) is 3.80. The first-order valence-electron chi connectivity index (χ1n) is 10.5. The highest BCUT2D eigenvalue weighted by molar-refractivity contribution is 5.68. The van der Waals surface area contributed by atoms with E-state index in [1.807, 2.05) is 0 Å². The summed E-state index contributed by atoms with van der Waals surface area (Å²) in [5, 5.41) is 7.00. The maximum atomic E-state index is 13.5. The second kappa shape index (κ2) is 9.02. The average Bonchev–Trinajstić information content (AvgIpc) is 3.13. The first kappa shape index (κ1) is 23.1. The van der Waals surface area contributed by atoms with Crippen LogP contribution >= 0.6 is 0 Å². The number of aromatic nitrogens is 4. The molecule has 9 nitrogen and oxygen atoms in total. The van der Waals surface area contributed by atoms with Crippen molar-refractivity contribution in [1.82, 2.24) is 24.6 Å². The van der Waals surface area contributed by atoms with E-state index in [0.717, 1.165) is 4.68 Å². The number of carbonyl (C=O) groups is 1. The fourth-order valence-corrected chi connectivity index (χ4v) is 3.80. The van der Waals surface area contributed by atoms with E-state index < -0.39 is 18.4 Å². The summed E-state index contributed by atoms with van der Waals surface area (Å²) in [4.78, 5) is 21.6. The monoisotopic (exact) mass is 472 g/mol. The number of likely N-dealkylation sites (tertiary alicyclic amines) is 1. The molecule has 1 saturated heterocycles. The van der Waals surface area contributed by atoms with Gasteiger partial charge >= 0.3 is 6.09 Å². The highest BCUT2D eigenvalue weighted by Crippen LogP contribution is 2.34. The van der Waals surface area contributed by atoms with Crippen molar-refractivity contribution in [2.24, 2.45) is 0 Å². The Labute approximate surface area is 187 Å². The molecule has 0 aromatic carbocycles. The van der Waals surface area contributed by atoms with Gasteiger partial charge in [0.15, 0.2) is 0 Å². The molecular weight excluding hydrogens is 448 g/mol. The van der Waals surface area contributed by atoms with Crippen molar-refractivity contribution >= 4 is 11.9 Å². The number of aryl methyl sites for hydroxylation is 1. The van der Waals surface area contributed by atoms with E-state index in [4.69, 9.17) is 4.74 Å². The molecule has 0 radical (unpaired) electrons. The van der Waals surface area contributed by atoms with Crippen molar-refractivity contribution in [2.75, 3.05) is 25.5 Å². The van der Waals surface area contributed by atoms with E-state index in [9.17, 15) is 22.4 Å².